The number of sulfonamides is 1. The molecule has 1 saturated carbocycles. The standard InChI is InChI=1S/C27H28N8O4S/c1-3-40(38,39)33-21-12-17(11-18-14-34(27(37)22(18)21)15(2)16-6-7-16)20-8-10-35-25(31-20)23(24(28)32-35)26(36)30-19-5-4-9-29-13-19/h4-5,8-13,15-16,33H,3,6-7,14H2,1-2H3,(H2,28,32)(H,30,36)/t15-/m0/s1. The van der Waals surface area contributed by atoms with Crippen LogP contribution in [0.15, 0.2) is 48.9 Å². The molecule has 4 heterocycles. The van der Waals surface area contributed by atoms with Crippen molar-refractivity contribution < 1.29 is 18.0 Å². The van der Waals surface area contributed by atoms with Gasteiger partial charge >= 0.3 is 0 Å². The highest BCUT2D eigenvalue weighted by atomic mass is 32.2. The van der Waals surface area contributed by atoms with Crippen LogP contribution >= 0.6 is 0 Å². The number of anilines is 3. The van der Waals surface area contributed by atoms with Crippen molar-refractivity contribution in [3.63, 3.8) is 0 Å². The number of hydrogen-bond acceptors (Lipinski definition) is 8. The molecule has 4 N–H and O–H groups in total. The third-order valence-corrected chi connectivity index (χ3v) is 8.72. The van der Waals surface area contributed by atoms with Crippen LogP contribution in [0, 0.1) is 5.92 Å². The number of hydrogen-bond donors (Lipinski definition) is 3. The first-order valence-electron chi connectivity index (χ1n) is 13.0. The van der Waals surface area contributed by atoms with E-state index in [1.165, 1.54) is 17.6 Å². The van der Waals surface area contributed by atoms with E-state index >= 15 is 0 Å². The summed E-state index contributed by atoms with van der Waals surface area (Å²) < 4.78 is 29.2. The number of nitrogen functional groups attached to an aromatic ring is 1. The summed E-state index contributed by atoms with van der Waals surface area (Å²) in [5.74, 6) is -0.355. The first-order valence-corrected chi connectivity index (χ1v) is 14.7. The molecule has 40 heavy (non-hydrogen) atoms. The minimum Gasteiger partial charge on any atom is -0.381 e. The van der Waals surface area contributed by atoms with Crippen LogP contribution in [0.25, 0.3) is 16.9 Å². The van der Waals surface area contributed by atoms with Gasteiger partial charge in [-0.1, -0.05) is 0 Å². The van der Waals surface area contributed by atoms with Crippen LogP contribution in [0.2, 0.25) is 0 Å². The summed E-state index contributed by atoms with van der Waals surface area (Å²) >= 11 is 0. The number of nitrogens with two attached hydrogens (primary N) is 1. The van der Waals surface area contributed by atoms with E-state index in [0.29, 0.717) is 40.5 Å². The lowest BCUT2D eigenvalue weighted by atomic mass is 10.0. The van der Waals surface area contributed by atoms with Crippen molar-refractivity contribution >= 4 is 44.7 Å². The van der Waals surface area contributed by atoms with E-state index in [9.17, 15) is 18.0 Å². The van der Waals surface area contributed by atoms with E-state index in [-0.39, 0.29) is 40.4 Å². The van der Waals surface area contributed by atoms with Gasteiger partial charge in [0.15, 0.2) is 11.5 Å². The largest absolute Gasteiger partial charge is 0.381 e. The number of nitrogens with zero attached hydrogens (tertiary/aromatic N) is 5. The monoisotopic (exact) mass is 560 g/mol. The molecule has 1 atom stereocenters. The Balaban J connectivity index is 1.43. The van der Waals surface area contributed by atoms with Gasteiger partial charge < -0.3 is 16.0 Å². The fourth-order valence-corrected chi connectivity index (χ4v) is 5.70. The molecule has 1 aliphatic carbocycles. The van der Waals surface area contributed by atoms with Crippen LogP contribution < -0.4 is 15.8 Å². The van der Waals surface area contributed by atoms with Crippen LogP contribution in [0.3, 0.4) is 0 Å². The van der Waals surface area contributed by atoms with E-state index in [4.69, 9.17) is 10.7 Å². The SMILES string of the molecule is CCS(=O)(=O)Nc1cc(-c2ccn3nc(N)c(C(=O)Nc4cccnc4)c3n2)cc2c1C(=O)N([C@@H](C)C1CC1)C2. The smallest absolute Gasteiger partial charge is 0.263 e. The predicted octanol–water partition coefficient (Wildman–Crippen LogP) is 3.14. The van der Waals surface area contributed by atoms with E-state index in [2.05, 4.69) is 20.1 Å². The summed E-state index contributed by atoms with van der Waals surface area (Å²) in [6.45, 7) is 3.95. The molecular formula is C27H28N8O4S. The summed E-state index contributed by atoms with van der Waals surface area (Å²) in [5, 5.41) is 6.97. The molecule has 2 amide bonds. The second kappa shape index (κ2) is 9.59. The van der Waals surface area contributed by atoms with E-state index in [1.807, 2.05) is 17.9 Å². The van der Waals surface area contributed by atoms with Crippen LogP contribution in [0.4, 0.5) is 17.2 Å². The topological polar surface area (TPSA) is 165 Å². The molecule has 0 saturated heterocycles. The van der Waals surface area contributed by atoms with Gasteiger partial charge in [-0.25, -0.2) is 17.9 Å². The number of amides is 2. The highest BCUT2D eigenvalue weighted by Gasteiger charge is 2.40. The maximum Gasteiger partial charge on any atom is 0.263 e. The molecule has 1 aliphatic heterocycles. The van der Waals surface area contributed by atoms with Gasteiger partial charge in [0.25, 0.3) is 11.8 Å². The van der Waals surface area contributed by atoms with Crippen molar-refractivity contribution in [2.45, 2.75) is 39.3 Å². The second-order valence-corrected chi connectivity index (χ2v) is 12.1. The lowest BCUT2D eigenvalue weighted by molar-refractivity contribution is 0.0698. The Morgan fingerprint density at radius 2 is 2.05 bits per heavy atom. The summed E-state index contributed by atoms with van der Waals surface area (Å²) in [6, 6.07) is 8.62. The second-order valence-electron chi connectivity index (χ2n) is 10.1. The molecule has 0 spiro atoms. The van der Waals surface area contributed by atoms with Crippen molar-refractivity contribution in [2.24, 2.45) is 5.92 Å². The fraction of sp³-hybridized carbons (Fsp3) is 0.296. The molecule has 206 valence electrons. The lowest BCUT2D eigenvalue weighted by Crippen LogP contribution is -2.35. The number of nitrogens with one attached hydrogen (secondary N) is 2. The normalized spacial score (nSPS) is 15.8. The molecule has 6 rings (SSSR count). The molecule has 3 aromatic heterocycles. The van der Waals surface area contributed by atoms with Gasteiger partial charge in [-0.3, -0.25) is 19.3 Å². The fourth-order valence-electron chi connectivity index (χ4n) is 5.06. The quantitative estimate of drug-likeness (QED) is 0.296. The highest BCUT2D eigenvalue weighted by molar-refractivity contribution is 7.92. The molecule has 1 fully saturated rings. The van der Waals surface area contributed by atoms with Gasteiger partial charge in [0, 0.05) is 30.5 Å². The zero-order chi connectivity index (χ0) is 28.2. The number of carbonyl (C=O) groups excluding carboxylic acids is 2. The molecule has 1 aromatic carbocycles. The summed E-state index contributed by atoms with van der Waals surface area (Å²) in [7, 11) is -3.67. The van der Waals surface area contributed by atoms with Gasteiger partial charge in [-0.2, -0.15) is 0 Å². The van der Waals surface area contributed by atoms with Crippen LogP contribution in [-0.2, 0) is 16.6 Å². The van der Waals surface area contributed by atoms with Crippen molar-refractivity contribution in [1.29, 1.82) is 0 Å². The Morgan fingerprint density at radius 1 is 1.25 bits per heavy atom. The Bertz CT molecular complexity index is 1770. The number of carbonyl (C=O) groups is 2. The first-order chi connectivity index (χ1) is 19.1. The molecular weight excluding hydrogens is 532 g/mol. The Kier molecular flexibility index (Phi) is 6.17. The predicted molar refractivity (Wildman–Crippen MR) is 150 cm³/mol. The number of aromatic nitrogens is 4. The summed E-state index contributed by atoms with van der Waals surface area (Å²) in [6.07, 6.45) is 6.90. The molecule has 0 unspecified atom stereocenters. The third-order valence-electron chi connectivity index (χ3n) is 7.43. The van der Waals surface area contributed by atoms with Crippen molar-refractivity contribution in [1.82, 2.24) is 24.5 Å². The molecule has 12 nitrogen and oxygen atoms in total. The average molecular weight is 561 g/mol. The van der Waals surface area contributed by atoms with Gasteiger partial charge in [0.2, 0.25) is 10.0 Å². The van der Waals surface area contributed by atoms with Crippen LogP contribution in [0.5, 0.6) is 0 Å². The van der Waals surface area contributed by atoms with Gasteiger partial charge in [-0.05, 0) is 68.5 Å². The summed E-state index contributed by atoms with van der Waals surface area (Å²) in [4.78, 5) is 37.1. The van der Waals surface area contributed by atoms with E-state index < -0.39 is 15.9 Å². The van der Waals surface area contributed by atoms with E-state index in [0.717, 1.165) is 12.8 Å². The molecule has 4 aromatic rings. The van der Waals surface area contributed by atoms with Crippen LogP contribution in [0.1, 0.15) is 53.0 Å². The first kappa shape index (κ1) is 25.7. The Labute approximate surface area is 230 Å². The Hall–Kier alpha value is -4.52. The molecule has 2 aliphatic rings. The molecule has 13 heteroatoms. The number of pyridine rings is 1. The Morgan fingerprint density at radius 3 is 2.75 bits per heavy atom. The van der Waals surface area contributed by atoms with Crippen molar-refractivity contribution in [3.8, 4) is 11.3 Å². The lowest BCUT2D eigenvalue weighted by Gasteiger charge is -2.24. The van der Waals surface area contributed by atoms with Crippen molar-refractivity contribution in [2.75, 3.05) is 21.5 Å². The number of rotatable bonds is 8. The zero-order valence-corrected chi connectivity index (χ0v) is 22.8. The minimum absolute atomic E-state index is 0.00620. The highest BCUT2D eigenvalue weighted by Crippen LogP contribution is 2.41. The van der Waals surface area contributed by atoms with Crippen LogP contribution in [-0.4, -0.2) is 56.5 Å². The summed E-state index contributed by atoms with van der Waals surface area (Å²) in [5.41, 5.74) is 9.25. The molecule has 0 radical (unpaired) electrons. The maximum absolute atomic E-state index is 13.5. The minimum atomic E-state index is -3.67. The number of benzene rings is 1. The molecule has 0 bridgehead atoms. The van der Waals surface area contributed by atoms with Gasteiger partial charge in [0.05, 0.1) is 34.6 Å². The maximum atomic E-state index is 13.5. The van der Waals surface area contributed by atoms with E-state index in [1.54, 1.807) is 36.7 Å². The third kappa shape index (κ3) is 4.62. The number of fused-ring (bicyclic) bond motifs is 2. The average Bonchev–Trinajstić information content (AvgIpc) is 3.65. The van der Waals surface area contributed by atoms with Gasteiger partial charge in [-0.15, -0.1) is 5.10 Å². The van der Waals surface area contributed by atoms with Gasteiger partial charge in [0.1, 0.15) is 5.56 Å². The van der Waals surface area contributed by atoms with Crippen molar-refractivity contribution in [3.05, 3.63) is 65.6 Å². The zero-order valence-electron chi connectivity index (χ0n) is 22.0.